The van der Waals surface area contributed by atoms with Crippen LogP contribution >= 0.6 is 23.4 Å². The Morgan fingerprint density at radius 1 is 1.32 bits per heavy atom. The van der Waals surface area contributed by atoms with Crippen molar-refractivity contribution in [3.63, 3.8) is 0 Å². The van der Waals surface area contributed by atoms with E-state index in [1.54, 1.807) is 61.5 Å². The lowest BCUT2D eigenvalue weighted by molar-refractivity contribution is -0.138. The van der Waals surface area contributed by atoms with Gasteiger partial charge in [-0.25, -0.2) is 9.79 Å². The number of hydrogen-bond acceptors (Lipinski definition) is 6. The molecular formula is C21H15ClN2O3S. The third-order valence-corrected chi connectivity index (χ3v) is 5.01. The van der Waals surface area contributed by atoms with Crippen LogP contribution in [-0.4, -0.2) is 22.7 Å². The summed E-state index contributed by atoms with van der Waals surface area (Å²) >= 11 is 7.06. The second-order valence-corrected chi connectivity index (χ2v) is 7.15. The van der Waals surface area contributed by atoms with Crippen molar-refractivity contribution < 1.29 is 14.6 Å². The Balaban J connectivity index is 2.04. The quantitative estimate of drug-likeness (QED) is 0.682. The van der Waals surface area contributed by atoms with E-state index in [1.165, 1.54) is 0 Å². The Bertz CT molecular complexity index is 1050. The third-order valence-electron chi connectivity index (χ3n) is 3.74. The molecule has 0 unspecified atom stereocenters. The SMILES string of the molecule is CCOC(=O)C1=C(O)/C(=C\c2cccc(C#N)c2)SC1=Nc1ccc(Cl)cc1. The molecule has 3 rings (SSSR count). The van der Waals surface area contributed by atoms with Gasteiger partial charge in [0, 0.05) is 5.02 Å². The molecule has 140 valence electrons. The minimum Gasteiger partial charge on any atom is -0.506 e. The van der Waals surface area contributed by atoms with Gasteiger partial charge in [0.1, 0.15) is 16.4 Å². The van der Waals surface area contributed by atoms with E-state index in [4.69, 9.17) is 21.6 Å². The van der Waals surface area contributed by atoms with E-state index in [9.17, 15) is 9.90 Å². The topological polar surface area (TPSA) is 82.7 Å². The Kier molecular flexibility index (Phi) is 6.19. The van der Waals surface area contributed by atoms with E-state index in [1.807, 2.05) is 0 Å². The highest BCUT2D eigenvalue weighted by Gasteiger charge is 2.33. The number of carbonyl (C=O) groups excluding carboxylic acids is 1. The number of thioether (sulfide) groups is 1. The molecule has 0 aromatic heterocycles. The summed E-state index contributed by atoms with van der Waals surface area (Å²) in [5.41, 5.74) is 1.84. The zero-order chi connectivity index (χ0) is 20.1. The average molecular weight is 411 g/mol. The van der Waals surface area contributed by atoms with Gasteiger partial charge in [0.25, 0.3) is 0 Å². The molecule has 0 saturated carbocycles. The first-order valence-electron chi connectivity index (χ1n) is 8.37. The second kappa shape index (κ2) is 8.79. The number of nitrogens with zero attached hydrogens (tertiary/aromatic N) is 2. The predicted octanol–water partition coefficient (Wildman–Crippen LogP) is 5.40. The van der Waals surface area contributed by atoms with Crippen LogP contribution in [0.2, 0.25) is 5.02 Å². The van der Waals surface area contributed by atoms with Crippen LogP contribution in [0.4, 0.5) is 5.69 Å². The van der Waals surface area contributed by atoms with Crippen molar-refractivity contribution in [1.82, 2.24) is 0 Å². The highest BCUT2D eigenvalue weighted by Crippen LogP contribution is 2.40. The van der Waals surface area contributed by atoms with E-state index in [2.05, 4.69) is 11.1 Å². The number of ether oxygens (including phenoxy) is 1. The number of carbonyl (C=O) groups is 1. The van der Waals surface area contributed by atoms with Crippen molar-refractivity contribution in [2.45, 2.75) is 6.92 Å². The maximum absolute atomic E-state index is 12.4. The number of aliphatic hydroxyl groups excluding tert-OH is 1. The van der Waals surface area contributed by atoms with Gasteiger partial charge in [-0.1, -0.05) is 35.5 Å². The fourth-order valence-corrected chi connectivity index (χ4v) is 3.64. The maximum atomic E-state index is 12.4. The molecule has 1 heterocycles. The Hall–Kier alpha value is -3.01. The van der Waals surface area contributed by atoms with Crippen LogP contribution in [0.5, 0.6) is 0 Å². The van der Waals surface area contributed by atoms with Crippen LogP contribution in [0, 0.1) is 11.3 Å². The van der Waals surface area contributed by atoms with Crippen molar-refractivity contribution in [1.29, 1.82) is 5.26 Å². The van der Waals surface area contributed by atoms with Gasteiger partial charge in [-0.15, -0.1) is 0 Å². The zero-order valence-electron chi connectivity index (χ0n) is 14.8. The van der Waals surface area contributed by atoms with Crippen LogP contribution in [0.25, 0.3) is 6.08 Å². The van der Waals surface area contributed by atoms with Crippen molar-refractivity contribution in [3.8, 4) is 6.07 Å². The second-order valence-electron chi connectivity index (χ2n) is 5.69. The molecule has 5 nitrogen and oxygen atoms in total. The van der Waals surface area contributed by atoms with Gasteiger partial charge < -0.3 is 9.84 Å². The smallest absolute Gasteiger partial charge is 0.344 e. The number of nitriles is 1. The summed E-state index contributed by atoms with van der Waals surface area (Å²) in [4.78, 5) is 17.3. The van der Waals surface area contributed by atoms with Gasteiger partial charge in [-0.3, -0.25) is 0 Å². The van der Waals surface area contributed by atoms with Crippen LogP contribution in [0.1, 0.15) is 18.1 Å². The van der Waals surface area contributed by atoms with Crippen molar-refractivity contribution >= 4 is 46.1 Å². The van der Waals surface area contributed by atoms with E-state index < -0.39 is 5.97 Å². The first-order chi connectivity index (χ1) is 13.5. The van der Waals surface area contributed by atoms with Gasteiger partial charge in [0.15, 0.2) is 0 Å². The van der Waals surface area contributed by atoms with E-state index in [0.29, 0.717) is 26.2 Å². The Morgan fingerprint density at radius 3 is 2.75 bits per heavy atom. The normalized spacial score (nSPS) is 16.5. The number of halogens is 1. The molecule has 0 fully saturated rings. The number of aliphatic hydroxyl groups is 1. The first kappa shape index (κ1) is 19.7. The minimum absolute atomic E-state index is 0.0180. The molecule has 28 heavy (non-hydrogen) atoms. The largest absolute Gasteiger partial charge is 0.506 e. The molecule has 1 N–H and O–H groups in total. The van der Waals surface area contributed by atoms with Crippen LogP contribution in [0.3, 0.4) is 0 Å². The minimum atomic E-state index is -0.644. The van der Waals surface area contributed by atoms with Crippen molar-refractivity contribution in [3.05, 3.63) is 80.9 Å². The number of benzene rings is 2. The molecular weight excluding hydrogens is 396 g/mol. The molecule has 0 saturated heterocycles. The highest BCUT2D eigenvalue weighted by atomic mass is 35.5. The van der Waals surface area contributed by atoms with Gasteiger partial charge in [-0.2, -0.15) is 5.26 Å². The van der Waals surface area contributed by atoms with Gasteiger partial charge in [0.05, 0.1) is 28.8 Å². The summed E-state index contributed by atoms with van der Waals surface area (Å²) in [5, 5.41) is 20.6. The molecule has 0 atom stereocenters. The van der Waals surface area contributed by atoms with Crippen molar-refractivity contribution in [2.24, 2.45) is 4.99 Å². The summed E-state index contributed by atoms with van der Waals surface area (Å²) in [7, 11) is 0. The van der Waals surface area contributed by atoms with Crippen molar-refractivity contribution in [2.75, 3.05) is 6.61 Å². The van der Waals surface area contributed by atoms with Gasteiger partial charge in [0.2, 0.25) is 0 Å². The van der Waals surface area contributed by atoms with E-state index in [-0.39, 0.29) is 17.9 Å². The Morgan fingerprint density at radius 2 is 2.07 bits per heavy atom. The number of hydrogen-bond donors (Lipinski definition) is 1. The zero-order valence-corrected chi connectivity index (χ0v) is 16.4. The monoisotopic (exact) mass is 410 g/mol. The summed E-state index contributed by atoms with van der Waals surface area (Å²) in [5.74, 6) is -0.840. The lowest BCUT2D eigenvalue weighted by atomic mass is 10.1. The fraction of sp³-hybridized carbons (Fsp3) is 0.0952. The van der Waals surface area contributed by atoms with E-state index >= 15 is 0 Å². The van der Waals surface area contributed by atoms with Crippen LogP contribution in [-0.2, 0) is 9.53 Å². The summed E-state index contributed by atoms with van der Waals surface area (Å²) in [6, 6.07) is 15.8. The lowest BCUT2D eigenvalue weighted by Crippen LogP contribution is -2.12. The van der Waals surface area contributed by atoms with Crippen LogP contribution < -0.4 is 0 Å². The molecule has 0 aliphatic carbocycles. The molecule has 0 radical (unpaired) electrons. The number of aliphatic imine (C=N–C) groups is 1. The molecule has 1 aliphatic heterocycles. The molecule has 2 aromatic carbocycles. The highest BCUT2D eigenvalue weighted by molar-refractivity contribution is 8.18. The lowest BCUT2D eigenvalue weighted by Gasteiger charge is -2.03. The molecule has 0 spiro atoms. The maximum Gasteiger partial charge on any atom is 0.344 e. The third kappa shape index (κ3) is 4.45. The molecule has 2 aromatic rings. The van der Waals surface area contributed by atoms with E-state index in [0.717, 1.165) is 17.3 Å². The van der Waals surface area contributed by atoms with Gasteiger partial charge >= 0.3 is 5.97 Å². The summed E-state index contributed by atoms with van der Waals surface area (Å²) < 4.78 is 5.08. The van der Waals surface area contributed by atoms with Crippen LogP contribution in [0.15, 0.2) is 69.8 Å². The summed E-state index contributed by atoms with van der Waals surface area (Å²) in [6.07, 6.45) is 1.70. The fourth-order valence-electron chi connectivity index (χ4n) is 2.47. The summed E-state index contributed by atoms with van der Waals surface area (Å²) in [6.45, 7) is 1.87. The first-order valence-corrected chi connectivity index (χ1v) is 9.56. The molecule has 1 aliphatic rings. The standard InChI is InChI=1S/C21H15ClN2O3S/c1-2-27-21(26)18-19(25)17(11-13-4-3-5-14(10-13)12-23)28-20(18)24-16-8-6-15(22)7-9-16/h3-11,25H,2H2,1H3/b17-11+,24-20?. The molecule has 0 bridgehead atoms. The predicted molar refractivity (Wildman–Crippen MR) is 112 cm³/mol. The Labute approximate surface area is 171 Å². The number of esters is 1. The molecule has 0 amide bonds. The van der Waals surface area contributed by atoms with Gasteiger partial charge in [-0.05, 0) is 55.0 Å². The number of rotatable bonds is 4. The molecule has 7 heteroatoms. The average Bonchev–Trinajstić information content (AvgIpc) is 2.99.